The van der Waals surface area contributed by atoms with Gasteiger partial charge in [-0.1, -0.05) is 23.7 Å². The maximum Gasteiger partial charge on any atom is 0.277 e. The molecule has 0 spiro atoms. The number of halogens is 1. The molecule has 2 aromatic rings. The molecular weight excluding hydrogens is 358 g/mol. The second kappa shape index (κ2) is 8.44. The van der Waals surface area contributed by atoms with Gasteiger partial charge in [0.15, 0.2) is 6.61 Å². The van der Waals surface area contributed by atoms with Gasteiger partial charge in [-0.15, -0.1) is 0 Å². The average Bonchev–Trinajstić information content (AvgIpc) is 2.62. The molecule has 0 saturated heterocycles. The van der Waals surface area contributed by atoms with E-state index >= 15 is 0 Å². The number of hydrogen-bond acceptors (Lipinski definition) is 5. The van der Waals surface area contributed by atoms with Crippen molar-refractivity contribution < 1.29 is 14.5 Å². The van der Waals surface area contributed by atoms with Gasteiger partial charge in [-0.25, -0.2) is 5.43 Å². The quantitative estimate of drug-likeness (QED) is 0.472. The standard InChI is InChI=1S/C18H18ClN3O4/c1-11-7-16(8-12(2)18(11)19)26-10-17(23)21-20-13(3)14-5-4-6-15(9-14)22(24)25/h4-9H,10H2,1-3H3,(H,21,23)/b20-13+. The molecule has 0 aromatic heterocycles. The largest absolute Gasteiger partial charge is 0.484 e. The number of hydrogen-bond donors (Lipinski definition) is 1. The summed E-state index contributed by atoms with van der Waals surface area (Å²) in [6, 6.07) is 9.51. The number of carbonyl (C=O) groups is 1. The van der Waals surface area contributed by atoms with Crippen LogP contribution in [0.2, 0.25) is 5.02 Å². The summed E-state index contributed by atoms with van der Waals surface area (Å²) in [4.78, 5) is 22.2. The molecule has 0 heterocycles. The van der Waals surface area contributed by atoms with Crippen molar-refractivity contribution in [2.75, 3.05) is 6.61 Å². The first-order chi connectivity index (χ1) is 12.3. The zero-order valence-corrected chi connectivity index (χ0v) is 15.3. The highest BCUT2D eigenvalue weighted by atomic mass is 35.5. The van der Waals surface area contributed by atoms with Gasteiger partial charge in [0.1, 0.15) is 5.75 Å². The molecule has 0 saturated carbocycles. The van der Waals surface area contributed by atoms with E-state index in [4.69, 9.17) is 16.3 Å². The molecule has 1 N–H and O–H groups in total. The number of ether oxygens (including phenoxy) is 1. The van der Waals surface area contributed by atoms with Crippen LogP contribution in [0.5, 0.6) is 5.75 Å². The zero-order valence-electron chi connectivity index (χ0n) is 14.6. The highest BCUT2D eigenvalue weighted by molar-refractivity contribution is 6.32. The Labute approximate surface area is 155 Å². The van der Waals surface area contributed by atoms with Crippen molar-refractivity contribution in [3.05, 3.63) is 68.2 Å². The Morgan fingerprint density at radius 3 is 2.54 bits per heavy atom. The molecular formula is C18H18ClN3O4. The summed E-state index contributed by atoms with van der Waals surface area (Å²) in [6.07, 6.45) is 0. The van der Waals surface area contributed by atoms with Crippen molar-refractivity contribution in [1.82, 2.24) is 5.43 Å². The fourth-order valence-corrected chi connectivity index (χ4v) is 2.34. The summed E-state index contributed by atoms with van der Waals surface area (Å²) in [5, 5.41) is 15.4. The van der Waals surface area contributed by atoms with Crippen molar-refractivity contribution in [1.29, 1.82) is 0 Å². The van der Waals surface area contributed by atoms with E-state index in [1.165, 1.54) is 12.1 Å². The number of aryl methyl sites for hydroxylation is 2. The Kier molecular flexibility index (Phi) is 6.30. The number of carbonyl (C=O) groups excluding carboxylic acids is 1. The normalized spacial score (nSPS) is 11.2. The van der Waals surface area contributed by atoms with Gasteiger partial charge in [0.05, 0.1) is 10.6 Å². The Balaban J connectivity index is 1.96. The van der Waals surface area contributed by atoms with Crippen LogP contribution in [0.1, 0.15) is 23.6 Å². The lowest BCUT2D eigenvalue weighted by Crippen LogP contribution is -2.25. The Morgan fingerprint density at radius 1 is 1.27 bits per heavy atom. The summed E-state index contributed by atoms with van der Waals surface area (Å²) in [6.45, 7) is 5.14. The van der Waals surface area contributed by atoms with Crippen molar-refractivity contribution >= 4 is 28.9 Å². The third-order valence-corrected chi connectivity index (χ3v) is 4.20. The predicted octanol–water partition coefficient (Wildman–Crippen LogP) is 3.78. The van der Waals surface area contributed by atoms with Crippen LogP contribution in [0.3, 0.4) is 0 Å². The van der Waals surface area contributed by atoms with Crippen LogP contribution in [-0.2, 0) is 4.79 Å². The summed E-state index contributed by atoms with van der Waals surface area (Å²) in [5.41, 5.74) is 5.04. The first-order valence-corrected chi connectivity index (χ1v) is 8.13. The lowest BCUT2D eigenvalue weighted by atomic mass is 10.1. The number of hydrazone groups is 1. The van der Waals surface area contributed by atoms with Gasteiger partial charge in [-0.05, 0) is 44.0 Å². The van der Waals surface area contributed by atoms with Gasteiger partial charge in [-0.3, -0.25) is 14.9 Å². The second-order valence-corrected chi connectivity index (χ2v) is 6.08. The molecule has 0 bridgehead atoms. The highest BCUT2D eigenvalue weighted by Gasteiger charge is 2.09. The van der Waals surface area contributed by atoms with E-state index in [0.29, 0.717) is 22.0 Å². The van der Waals surface area contributed by atoms with Crippen LogP contribution in [0, 0.1) is 24.0 Å². The van der Waals surface area contributed by atoms with E-state index < -0.39 is 10.8 Å². The van der Waals surface area contributed by atoms with Crippen LogP contribution in [0.25, 0.3) is 0 Å². The van der Waals surface area contributed by atoms with E-state index in [9.17, 15) is 14.9 Å². The minimum Gasteiger partial charge on any atom is -0.484 e. The number of nitrogens with one attached hydrogen (secondary N) is 1. The maximum atomic E-state index is 11.9. The molecule has 2 aromatic carbocycles. The van der Waals surface area contributed by atoms with E-state index in [2.05, 4.69) is 10.5 Å². The Bertz CT molecular complexity index is 857. The Hall–Kier alpha value is -2.93. The highest BCUT2D eigenvalue weighted by Crippen LogP contribution is 2.25. The molecule has 26 heavy (non-hydrogen) atoms. The number of nitro groups is 1. The van der Waals surface area contributed by atoms with Crippen LogP contribution >= 0.6 is 11.6 Å². The third kappa shape index (κ3) is 5.03. The van der Waals surface area contributed by atoms with Gasteiger partial charge >= 0.3 is 0 Å². The van der Waals surface area contributed by atoms with E-state index in [1.807, 2.05) is 13.8 Å². The van der Waals surface area contributed by atoms with E-state index in [1.54, 1.807) is 31.2 Å². The lowest BCUT2D eigenvalue weighted by molar-refractivity contribution is -0.384. The summed E-state index contributed by atoms with van der Waals surface area (Å²) in [5.74, 6) is 0.0963. The van der Waals surface area contributed by atoms with E-state index in [-0.39, 0.29) is 12.3 Å². The number of nitrogens with zero attached hydrogens (tertiary/aromatic N) is 2. The summed E-state index contributed by atoms with van der Waals surface area (Å²) in [7, 11) is 0. The SMILES string of the molecule is C/C(=N\NC(=O)COc1cc(C)c(Cl)c(C)c1)c1cccc([N+](=O)[O-])c1. The molecule has 8 heteroatoms. The van der Waals surface area contributed by atoms with Gasteiger partial charge in [-0.2, -0.15) is 5.10 Å². The van der Waals surface area contributed by atoms with Crippen molar-refractivity contribution in [2.45, 2.75) is 20.8 Å². The molecule has 0 unspecified atom stereocenters. The lowest BCUT2D eigenvalue weighted by Gasteiger charge is -2.09. The van der Waals surface area contributed by atoms with Crippen molar-refractivity contribution in [2.24, 2.45) is 5.10 Å². The van der Waals surface area contributed by atoms with Gasteiger partial charge in [0.25, 0.3) is 11.6 Å². The first kappa shape index (κ1) is 19.4. The third-order valence-electron chi connectivity index (χ3n) is 3.60. The second-order valence-electron chi connectivity index (χ2n) is 5.70. The number of non-ortho nitro benzene ring substituents is 1. The van der Waals surface area contributed by atoms with Crippen LogP contribution in [-0.4, -0.2) is 23.1 Å². The molecule has 0 aliphatic rings. The number of benzene rings is 2. The summed E-state index contributed by atoms with van der Waals surface area (Å²) < 4.78 is 5.44. The van der Waals surface area contributed by atoms with Gasteiger partial charge in [0, 0.05) is 22.7 Å². The molecule has 1 amide bonds. The average molecular weight is 376 g/mol. The Morgan fingerprint density at radius 2 is 1.92 bits per heavy atom. The van der Waals surface area contributed by atoms with Crippen LogP contribution in [0.4, 0.5) is 5.69 Å². The van der Waals surface area contributed by atoms with Gasteiger partial charge < -0.3 is 4.74 Å². The zero-order chi connectivity index (χ0) is 19.3. The first-order valence-electron chi connectivity index (χ1n) is 7.75. The predicted molar refractivity (Wildman–Crippen MR) is 99.9 cm³/mol. The monoisotopic (exact) mass is 375 g/mol. The van der Waals surface area contributed by atoms with Crippen LogP contribution in [0.15, 0.2) is 41.5 Å². The molecule has 7 nitrogen and oxygen atoms in total. The molecule has 0 fully saturated rings. The fraction of sp³-hybridized carbons (Fsp3) is 0.222. The minimum absolute atomic E-state index is 0.0415. The smallest absolute Gasteiger partial charge is 0.277 e. The number of amides is 1. The molecule has 136 valence electrons. The number of rotatable bonds is 6. The molecule has 0 atom stereocenters. The number of nitro benzene ring substituents is 1. The summed E-state index contributed by atoms with van der Waals surface area (Å²) >= 11 is 6.09. The van der Waals surface area contributed by atoms with Gasteiger partial charge in [0.2, 0.25) is 0 Å². The van der Waals surface area contributed by atoms with E-state index in [0.717, 1.165) is 11.1 Å². The van der Waals surface area contributed by atoms with Crippen molar-refractivity contribution in [3.63, 3.8) is 0 Å². The topological polar surface area (TPSA) is 93.8 Å². The molecule has 0 radical (unpaired) electrons. The molecule has 0 aliphatic heterocycles. The fourth-order valence-electron chi connectivity index (χ4n) is 2.23. The van der Waals surface area contributed by atoms with Crippen molar-refractivity contribution in [3.8, 4) is 5.75 Å². The molecule has 0 aliphatic carbocycles. The van der Waals surface area contributed by atoms with Crippen LogP contribution < -0.4 is 10.2 Å². The molecule has 2 rings (SSSR count). The maximum absolute atomic E-state index is 11.9. The minimum atomic E-state index is -0.487.